The van der Waals surface area contributed by atoms with E-state index in [1.54, 1.807) is 7.11 Å². The Balaban J connectivity index is 2.13. The maximum atomic E-state index is 5.58. The van der Waals surface area contributed by atoms with Gasteiger partial charge in [0, 0.05) is 19.8 Å². The first kappa shape index (κ1) is 14.9. The molecule has 1 aliphatic carbocycles. The first-order valence-corrected chi connectivity index (χ1v) is 7.18. The first-order valence-electron chi connectivity index (χ1n) is 7.18. The van der Waals surface area contributed by atoms with Crippen LogP contribution in [0.4, 0.5) is 0 Å². The molecule has 0 spiro atoms. The molecule has 3 heteroatoms. The van der Waals surface area contributed by atoms with Gasteiger partial charge in [-0.1, -0.05) is 19.8 Å². The summed E-state index contributed by atoms with van der Waals surface area (Å²) in [6.45, 7) is 5.72. The lowest BCUT2D eigenvalue weighted by molar-refractivity contribution is 0.0579. The molecule has 2 unspecified atom stereocenters. The maximum Gasteiger partial charge on any atom is 0.0700 e. The van der Waals surface area contributed by atoms with Crippen molar-refractivity contribution < 1.29 is 9.47 Å². The average molecular weight is 243 g/mol. The van der Waals surface area contributed by atoms with Crippen molar-refractivity contribution in [1.29, 1.82) is 0 Å². The topological polar surface area (TPSA) is 30.5 Å². The van der Waals surface area contributed by atoms with Crippen molar-refractivity contribution in [3.8, 4) is 0 Å². The number of methoxy groups -OCH3 is 1. The van der Waals surface area contributed by atoms with Crippen LogP contribution in [0.3, 0.4) is 0 Å². The first-order chi connectivity index (χ1) is 8.38. The molecule has 0 radical (unpaired) electrons. The largest absolute Gasteiger partial charge is 0.382 e. The van der Waals surface area contributed by atoms with Crippen molar-refractivity contribution in [3.63, 3.8) is 0 Å². The molecule has 0 aromatic rings. The molecular formula is C14H29NO2. The smallest absolute Gasteiger partial charge is 0.0700 e. The number of hydrogen-bond acceptors (Lipinski definition) is 3. The maximum absolute atomic E-state index is 5.58. The van der Waals surface area contributed by atoms with Crippen LogP contribution < -0.4 is 5.32 Å². The molecule has 1 aliphatic rings. The second-order valence-corrected chi connectivity index (χ2v) is 5.00. The van der Waals surface area contributed by atoms with Gasteiger partial charge in [0.2, 0.25) is 0 Å². The van der Waals surface area contributed by atoms with Crippen LogP contribution in [0, 0.1) is 5.92 Å². The molecule has 2 atom stereocenters. The summed E-state index contributed by atoms with van der Waals surface area (Å²) in [5.41, 5.74) is 0. The fraction of sp³-hybridized carbons (Fsp3) is 1.00. The van der Waals surface area contributed by atoms with E-state index >= 15 is 0 Å². The second-order valence-electron chi connectivity index (χ2n) is 5.00. The third-order valence-corrected chi connectivity index (χ3v) is 3.63. The molecule has 1 rings (SSSR count). The van der Waals surface area contributed by atoms with Gasteiger partial charge in [-0.15, -0.1) is 0 Å². The molecule has 0 saturated heterocycles. The quantitative estimate of drug-likeness (QED) is 0.631. The molecule has 1 saturated carbocycles. The predicted octanol–water partition coefficient (Wildman–Crippen LogP) is 2.60. The van der Waals surface area contributed by atoms with Gasteiger partial charge in [0.25, 0.3) is 0 Å². The summed E-state index contributed by atoms with van der Waals surface area (Å²) >= 11 is 0. The lowest BCUT2D eigenvalue weighted by Gasteiger charge is -2.32. The molecule has 102 valence electrons. The van der Waals surface area contributed by atoms with E-state index in [9.17, 15) is 0 Å². The van der Waals surface area contributed by atoms with Crippen molar-refractivity contribution in [2.24, 2.45) is 5.92 Å². The van der Waals surface area contributed by atoms with E-state index in [-0.39, 0.29) is 0 Å². The minimum atomic E-state index is 0.710. The summed E-state index contributed by atoms with van der Waals surface area (Å²) in [7, 11) is 1.72. The number of rotatable bonds is 9. The highest BCUT2D eigenvalue weighted by Gasteiger charge is 2.23. The fourth-order valence-corrected chi connectivity index (χ4v) is 2.63. The zero-order valence-electron chi connectivity index (χ0n) is 11.5. The molecule has 0 aromatic carbocycles. The Labute approximate surface area is 106 Å². The highest BCUT2D eigenvalue weighted by molar-refractivity contribution is 4.80. The van der Waals surface area contributed by atoms with Crippen molar-refractivity contribution >= 4 is 0 Å². The zero-order valence-corrected chi connectivity index (χ0v) is 11.5. The van der Waals surface area contributed by atoms with Gasteiger partial charge in [-0.25, -0.2) is 0 Å². The Morgan fingerprint density at radius 3 is 2.71 bits per heavy atom. The van der Waals surface area contributed by atoms with Gasteiger partial charge in [0.05, 0.1) is 13.2 Å². The summed E-state index contributed by atoms with van der Waals surface area (Å²) in [5.74, 6) is 0.817. The van der Waals surface area contributed by atoms with Crippen LogP contribution in [0.15, 0.2) is 0 Å². The van der Waals surface area contributed by atoms with E-state index in [1.807, 2.05) is 0 Å². The van der Waals surface area contributed by atoms with Crippen molar-refractivity contribution in [3.05, 3.63) is 0 Å². The third-order valence-electron chi connectivity index (χ3n) is 3.63. The van der Waals surface area contributed by atoms with Crippen LogP contribution in [0.2, 0.25) is 0 Å². The average Bonchev–Trinajstić information content (AvgIpc) is 2.37. The van der Waals surface area contributed by atoms with Gasteiger partial charge in [-0.3, -0.25) is 0 Å². The third kappa shape index (κ3) is 6.39. The van der Waals surface area contributed by atoms with Crippen LogP contribution in [0.25, 0.3) is 0 Å². The number of ether oxygens (including phenoxy) is 2. The Kier molecular flexibility index (Phi) is 8.67. The summed E-state index contributed by atoms with van der Waals surface area (Å²) in [4.78, 5) is 0. The molecule has 0 heterocycles. The molecule has 3 nitrogen and oxygen atoms in total. The van der Waals surface area contributed by atoms with Crippen LogP contribution >= 0.6 is 0 Å². The summed E-state index contributed by atoms with van der Waals surface area (Å²) in [5, 5.41) is 3.69. The highest BCUT2D eigenvalue weighted by Crippen LogP contribution is 2.27. The van der Waals surface area contributed by atoms with E-state index < -0.39 is 0 Å². The van der Waals surface area contributed by atoms with Crippen molar-refractivity contribution in [2.45, 2.75) is 51.5 Å². The fourth-order valence-electron chi connectivity index (χ4n) is 2.63. The predicted molar refractivity (Wildman–Crippen MR) is 71.4 cm³/mol. The van der Waals surface area contributed by atoms with E-state index in [2.05, 4.69) is 12.2 Å². The molecule has 1 N–H and O–H groups in total. The minimum absolute atomic E-state index is 0.710. The monoisotopic (exact) mass is 243 g/mol. The van der Waals surface area contributed by atoms with Gasteiger partial charge < -0.3 is 14.8 Å². The normalized spacial score (nSPS) is 25.1. The second kappa shape index (κ2) is 9.86. The Morgan fingerprint density at radius 1 is 1.12 bits per heavy atom. The zero-order chi connectivity index (χ0) is 12.3. The minimum Gasteiger partial charge on any atom is -0.382 e. The van der Waals surface area contributed by atoms with Gasteiger partial charge >= 0.3 is 0 Å². The van der Waals surface area contributed by atoms with Gasteiger partial charge in [0.1, 0.15) is 0 Å². The van der Waals surface area contributed by atoms with Gasteiger partial charge in [-0.2, -0.15) is 0 Å². The van der Waals surface area contributed by atoms with Crippen LogP contribution in [0.5, 0.6) is 0 Å². The van der Waals surface area contributed by atoms with E-state index in [0.29, 0.717) is 6.61 Å². The van der Waals surface area contributed by atoms with Gasteiger partial charge in [-0.05, 0) is 38.1 Å². The molecule has 0 bridgehead atoms. The molecule has 17 heavy (non-hydrogen) atoms. The van der Waals surface area contributed by atoms with E-state index in [0.717, 1.165) is 31.7 Å². The van der Waals surface area contributed by atoms with Crippen molar-refractivity contribution in [2.75, 3.05) is 33.5 Å². The number of hydrogen-bond donors (Lipinski definition) is 1. The Morgan fingerprint density at radius 2 is 1.94 bits per heavy atom. The van der Waals surface area contributed by atoms with E-state index in [4.69, 9.17) is 9.47 Å². The highest BCUT2D eigenvalue weighted by atomic mass is 16.5. The van der Waals surface area contributed by atoms with Gasteiger partial charge in [0.15, 0.2) is 0 Å². The summed E-state index contributed by atoms with van der Waals surface area (Å²) in [6, 6.07) is 0.731. The molecule has 0 amide bonds. The van der Waals surface area contributed by atoms with Crippen LogP contribution in [0.1, 0.15) is 45.4 Å². The van der Waals surface area contributed by atoms with E-state index in [1.165, 1.54) is 38.5 Å². The molecule has 0 aromatic heterocycles. The Bertz CT molecular complexity index is 176. The number of nitrogens with one attached hydrogen (secondary N) is 1. The van der Waals surface area contributed by atoms with Crippen LogP contribution in [-0.4, -0.2) is 39.5 Å². The Hall–Kier alpha value is -0.120. The lowest BCUT2D eigenvalue weighted by Crippen LogP contribution is -2.39. The summed E-state index contributed by atoms with van der Waals surface area (Å²) < 4.78 is 10.5. The SMILES string of the molecule is CCCNC1CCCCC1CCOCCOC. The molecule has 1 fully saturated rings. The standard InChI is InChI=1S/C14H29NO2/c1-3-9-15-14-7-5-4-6-13(14)8-10-17-12-11-16-2/h13-15H,3-12H2,1-2H3. The van der Waals surface area contributed by atoms with Crippen LogP contribution in [-0.2, 0) is 9.47 Å². The van der Waals surface area contributed by atoms with Crippen molar-refractivity contribution in [1.82, 2.24) is 5.32 Å². The molecular weight excluding hydrogens is 214 g/mol. The summed E-state index contributed by atoms with van der Waals surface area (Å²) in [6.07, 6.45) is 7.94. The lowest BCUT2D eigenvalue weighted by atomic mass is 9.82. The molecule has 0 aliphatic heterocycles.